The van der Waals surface area contributed by atoms with Crippen LogP contribution in [0.2, 0.25) is 0 Å². The molecule has 0 bridgehead atoms. The first-order valence-corrected chi connectivity index (χ1v) is 11.2. The van der Waals surface area contributed by atoms with Crippen LogP contribution >= 0.6 is 0 Å². The predicted molar refractivity (Wildman–Crippen MR) is 118 cm³/mol. The molecule has 0 spiro atoms. The molecule has 5 rings (SSSR count). The van der Waals surface area contributed by atoms with E-state index in [2.05, 4.69) is 56.8 Å². The van der Waals surface area contributed by atoms with Gasteiger partial charge in [0.25, 0.3) is 0 Å². The van der Waals surface area contributed by atoms with Crippen molar-refractivity contribution in [3.05, 3.63) is 65.9 Å². The second kappa shape index (κ2) is 7.02. The number of aryl methyl sites for hydroxylation is 2. The summed E-state index contributed by atoms with van der Waals surface area (Å²) in [6.45, 7) is 8.28. The van der Waals surface area contributed by atoms with Crippen LogP contribution in [0.3, 0.4) is 0 Å². The lowest BCUT2D eigenvalue weighted by Crippen LogP contribution is -2.43. The summed E-state index contributed by atoms with van der Waals surface area (Å²) in [4.78, 5) is 0. The quantitative estimate of drug-likeness (QED) is 0.616. The number of hydrogen-bond donors (Lipinski definition) is 1. The van der Waals surface area contributed by atoms with E-state index in [1.165, 1.54) is 47.1 Å². The van der Waals surface area contributed by atoms with Gasteiger partial charge in [-0.1, -0.05) is 43.3 Å². The van der Waals surface area contributed by atoms with Crippen LogP contribution in [0.25, 0.3) is 11.1 Å². The molecular weight excluding hydrogens is 356 g/mol. The minimum absolute atomic E-state index is 0.110. The second-order valence-electron chi connectivity index (χ2n) is 9.75. The van der Waals surface area contributed by atoms with Gasteiger partial charge in [-0.25, -0.2) is 0 Å². The van der Waals surface area contributed by atoms with E-state index in [9.17, 15) is 5.11 Å². The van der Waals surface area contributed by atoms with Crippen LogP contribution in [-0.4, -0.2) is 11.2 Å². The summed E-state index contributed by atoms with van der Waals surface area (Å²) in [6, 6.07) is 13.4. The standard InChI is InChI=1S/C27H32O2/c1-4-29-25-15-19-8-9-21-20(12-13-27(3)24(21)10-11-26(27)28)22(19)16-23(25)18-7-5-6-17(2)14-18/h4-7,14-16,20-21,24,26,28H,1,8-13H2,2-3H3/t20-,21+,24-,26-,27-/m0/s1. The zero-order valence-electron chi connectivity index (χ0n) is 17.7. The Balaban J connectivity index is 1.59. The van der Waals surface area contributed by atoms with E-state index in [0.717, 1.165) is 25.0 Å². The number of rotatable bonds is 3. The van der Waals surface area contributed by atoms with Crippen LogP contribution in [0, 0.1) is 24.2 Å². The van der Waals surface area contributed by atoms with Crippen molar-refractivity contribution in [2.24, 2.45) is 17.3 Å². The van der Waals surface area contributed by atoms with E-state index in [0.29, 0.717) is 17.8 Å². The molecule has 0 aromatic heterocycles. The molecule has 2 fully saturated rings. The van der Waals surface area contributed by atoms with Crippen molar-refractivity contribution >= 4 is 0 Å². The molecule has 0 amide bonds. The van der Waals surface area contributed by atoms with Crippen molar-refractivity contribution in [2.75, 3.05) is 0 Å². The van der Waals surface area contributed by atoms with Gasteiger partial charge in [0.2, 0.25) is 0 Å². The molecule has 29 heavy (non-hydrogen) atoms. The first-order valence-electron chi connectivity index (χ1n) is 11.2. The topological polar surface area (TPSA) is 29.5 Å². The summed E-state index contributed by atoms with van der Waals surface area (Å²) in [7, 11) is 0. The Morgan fingerprint density at radius 1 is 1.14 bits per heavy atom. The summed E-state index contributed by atoms with van der Waals surface area (Å²) in [5.74, 6) is 2.90. The minimum Gasteiger partial charge on any atom is -0.465 e. The van der Waals surface area contributed by atoms with Gasteiger partial charge in [-0.2, -0.15) is 0 Å². The van der Waals surface area contributed by atoms with Gasteiger partial charge in [-0.3, -0.25) is 0 Å². The first kappa shape index (κ1) is 18.9. The Kier molecular flexibility index (Phi) is 4.58. The fourth-order valence-corrected chi connectivity index (χ4v) is 6.80. The third-order valence-corrected chi connectivity index (χ3v) is 8.31. The monoisotopic (exact) mass is 388 g/mol. The van der Waals surface area contributed by atoms with Gasteiger partial charge in [0.1, 0.15) is 5.75 Å². The Morgan fingerprint density at radius 3 is 2.79 bits per heavy atom. The van der Waals surface area contributed by atoms with Crippen LogP contribution in [-0.2, 0) is 6.42 Å². The molecule has 1 N–H and O–H groups in total. The van der Waals surface area contributed by atoms with Gasteiger partial charge >= 0.3 is 0 Å². The Hall–Kier alpha value is -2.06. The smallest absolute Gasteiger partial charge is 0.134 e. The van der Waals surface area contributed by atoms with Crippen molar-refractivity contribution in [1.82, 2.24) is 0 Å². The third kappa shape index (κ3) is 2.95. The summed E-state index contributed by atoms with van der Waals surface area (Å²) >= 11 is 0. The van der Waals surface area contributed by atoms with Crippen LogP contribution < -0.4 is 4.74 Å². The van der Waals surface area contributed by atoms with Gasteiger partial charge in [0.15, 0.2) is 0 Å². The Labute approximate surface area is 174 Å². The van der Waals surface area contributed by atoms with Crippen molar-refractivity contribution < 1.29 is 9.84 Å². The molecule has 0 unspecified atom stereocenters. The number of benzene rings is 2. The van der Waals surface area contributed by atoms with Crippen molar-refractivity contribution in [3.63, 3.8) is 0 Å². The molecule has 2 heteroatoms. The molecule has 0 aliphatic heterocycles. The lowest BCUT2D eigenvalue weighted by atomic mass is 9.55. The highest BCUT2D eigenvalue weighted by Gasteiger charge is 2.54. The molecular formula is C27H32O2. The van der Waals surface area contributed by atoms with Gasteiger partial charge in [0, 0.05) is 5.56 Å². The van der Waals surface area contributed by atoms with Crippen LogP contribution in [0.4, 0.5) is 0 Å². The SMILES string of the molecule is C=COc1cc2c(cc1-c1cccc(C)c1)[C@H]1CC[C@]3(C)[C@@H](O)CC[C@H]3[C@@H]1CC2. The van der Waals surface area contributed by atoms with Crippen molar-refractivity contribution in [3.8, 4) is 16.9 Å². The van der Waals surface area contributed by atoms with Gasteiger partial charge in [0.05, 0.1) is 12.4 Å². The normalized spacial score (nSPS) is 32.8. The van der Waals surface area contributed by atoms with E-state index in [-0.39, 0.29) is 11.5 Å². The predicted octanol–water partition coefficient (Wildman–Crippen LogP) is 6.40. The fourth-order valence-electron chi connectivity index (χ4n) is 6.80. The zero-order valence-corrected chi connectivity index (χ0v) is 17.7. The Morgan fingerprint density at radius 2 is 2.00 bits per heavy atom. The van der Waals surface area contributed by atoms with E-state index < -0.39 is 0 Å². The maximum absolute atomic E-state index is 10.7. The number of fused-ring (bicyclic) bond motifs is 5. The maximum Gasteiger partial charge on any atom is 0.134 e. The summed E-state index contributed by atoms with van der Waals surface area (Å²) in [6.07, 6.45) is 8.29. The molecule has 3 aliphatic rings. The molecule has 3 aliphatic carbocycles. The largest absolute Gasteiger partial charge is 0.465 e. The van der Waals surface area contributed by atoms with Gasteiger partial charge in [-0.15, -0.1) is 0 Å². The van der Waals surface area contributed by atoms with Gasteiger partial charge in [-0.05, 0) is 97.4 Å². The van der Waals surface area contributed by atoms with Crippen LogP contribution in [0.1, 0.15) is 61.6 Å². The van der Waals surface area contributed by atoms with Crippen molar-refractivity contribution in [2.45, 2.75) is 64.4 Å². The first-order chi connectivity index (χ1) is 14.0. The van der Waals surface area contributed by atoms with Crippen LogP contribution in [0.5, 0.6) is 5.75 Å². The van der Waals surface area contributed by atoms with Gasteiger partial charge < -0.3 is 9.84 Å². The average Bonchev–Trinajstić information content (AvgIpc) is 3.02. The third-order valence-electron chi connectivity index (χ3n) is 8.31. The molecule has 2 aromatic rings. The van der Waals surface area contributed by atoms with E-state index in [1.807, 2.05) is 0 Å². The summed E-state index contributed by atoms with van der Waals surface area (Å²) < 4.78 is 5.86. The lowest BCUT2D eigenvalue weighted by Gasteiger charge is -2.50. The van der Waals surface area contributed by atoms with E-state index in [4.69, 9.17) is 4.74 Å². The molecule has 2 nitrogen and oxygen atoms in total. The number of ether oxygens (including phenoxy) is 1. The highest BCUT2D eigenvalue weighted by Crippen LogP contribution is 2.61. The molecule has 0 saturated heterocycles. The van der Waals surface area contributed by atoms with E-state index in [1.54, 1.807) is 6.26 Å². The highest BCUT2D eigenvalue weighted by atomic mass is 16.5. The minimum atomic E-state index is -0.110. The fraction of sp³-hybridized carbons (Fsp3) is 0.481. The average molecular weight is 389 g/mol. The molecule has 0 radical (unpaired) electrons. The lowest BCUT2D eigenvalue weighted by molar-refractivity contribution is -0.0226. The van der Waals surface area contributed by atoms with Crippen molar-refractivity contribution in [1.29, 1.82) is 0 Å². The second-order valence-corrected chi connectivity index (χ2v) is 9.75. The van der Waals surface area contributed by atoms with Crippen LogP contribution in [0.15, 0.2) is 49.2 Å². The number of aliphatic hydroxyl groups excluding tert-OH is 1. The summed E-state index contributed by atoms with van der Waals surface area (Å²) in [5, 5.41) is 10.7. The number of hydrogen-bond acceptors (Lipinski definition) is 2. The highest BCUT2D eigenvalue weighted by molar-refractivity contribution is 5.73. The maximum atomic E-state index is 10.7. The molecule has 5 atom stereocenters. The molecule has 2 saturated carbocycles. The molecule has 2 aromatic carbocycles. The molecule has 0 heterocycles. The Bertz CT molecular complexity index is 946. The van der Waals surface area contributed by atoms with E-state index >= 15 is 0 Å². The zero-order chi connectivity index (χ0) is 20.2. The summed E-state index contributed by atoms with van der Waals surface area (Å²) in [5.41, 5.74) is 6.75. The molecule has 152 valence electrons. The number of aliphatic hydroxyl groups is 1.